The molecule has 4 nitrogen and oxygen atoms in total. The fraction of sp³-hybridized carbons (Fsp3) is 0.133. The predicted molar refractivity (Wildman–Crippen MR) is 90.8 cm³/mol. The highest BCUT2D eigenvalue weighted by molar-refractivity contribution is 9.10. The van der Waals surface area contributed by atoms with Crippen LogP contribution in [-0.4, -0.2) is 6.03 Å². The molecule has 0 aromatic heterocycles. The largest absolute Gasteiger partial charge is 0.324 e. The molecule has 0 aliphatic heterocycles. The number of rotatable bonds is 3. The zero-order valence-corrected chi connectivity index (χ0v) is 13.7. The molecule has 0 radical (unpaired) electrons. The Labute approximate surface area is 136 Å². The number of hydrogen-bond acceptors (Lipinski definition) is 2. The lowest BCUT2D eigenvalue weighted by atomic mass is 10.1. The van der Waals surface area contributed by atoms with E-state index in [0.29, 0.717) is 16.4 Å². The van der Waals surface area contributed by atoms with Crippen LogP contribution in [0.3, 0.4) is 0 Å². The number of benzene rings is 2. The van der Waals surface area contributed by atoms with Gasteiger partial charge >= 0.3 is 6.03 Å². The van der Waals surface area contributed by atoms with Crippen LogP contribution < -0.4 is 16.4 Å². The summed E-state index contributed by atoms with van der Waals surface area (Å²) in [5, 5.41) is 5.91. The van der Waals surface area contributed by atoms with Gasteiger partial charge in [-0.05, 0) is 42.8 Å². The minimum Gasteiger partial charge on any atom is -0.324 e. The first-order chi connectivity index (χ1) is 9.95. The molecule has 1 atom stereocenters. The molecule has 2 aromatic carbocycles. The normalized spacial score (nSPS) is 11.8. The van der Waals surface area contributed by atoms with Crippen molar-refractivity contribution in [2.75, 3.05) is 10.6 Å². The van der Waals surface area contributed by atoms with Crippen LogP contribution in [0.25, 0.3) is 0 Å². The lowest BCUT2D eigenvalue weighted by Gasteiger charge is -2.11. The van der Waals surface area contributed by atoms with Gasteiger partial charge in [-0.3, -0.25) is 0 Å². The maximum atomic E-state index is 11.9. The molecule has 110 valence electrons. The number of carbonyl (C=O) groups is 1. The van der Waals surface area contributed by atoms with Gasteiger partial charge in [0.05, 0.1) is 10.7 Å². The van der Waals surface area contributed by atoms with Gasteiger partial charge in [-0.1, -0.05) is 39.7 Å². The zero-order chi connectivity index (χ0) is 15.4. The Morgan fingerprint density at radius 3 is 2.48 bits per heavy atom. The second-order valence-electron chi connectivity index (χ2n) is 4.61. The monoisotopic (exact) mass is 367 g/mol. The van der Waals surface area contributed by atoms with E-state index in [2.05, 4.69) is 26.6 Å². The first-order valence-corrected chi connectivity index (χ1v) is 7.51. The van der Waals surface area contributed by atoms with E-state index in [1.165, 1.54) is 0 Å². The van der Waals surface area contributed by atoms with Crippen LogP contribution in [-0.2, 0) is 0 Å². The van der Waals surface area contributed by atoms with Crippen LogP contribution in [0.15, 0.2) is 46.9 Å². The van der Waals surface area contributed by atoms with Crippen molar-refractivity contribution in [3.8, 4) is 0 Å². The Hall–Kier alpha value is -1.56. The molecule has 2 rings (SSSR count). The molecule has 0 fully saturated rings. The molecule has 21 heavy (non-hydrogen) atoms. The van der Waals surface area contributed by atoms with Crippen LogP contribution >= 0.6 is 27.5 Å². The minimum absolute atomic E-state index is 0.0339. The van der Waals surface area contributed by atoms with Gasteiger partial charge in [-0.2, -0.15) is 0 Å². The summed E-state index contributed by atoms with van der Waals surface area (Å²) in [6.45, 7) is 1.91. The molecule has 1 unspecified atom stereocenters. The zero-order valence-electron chi connectivity index (χ0n) is 11.4. The van der Waals surface area contributed by atoms with Crippen LogP contribution in [0, 0.1) is 0 Å². The third kappa shape index (κ3) is 4.46. The standard InChI is InChI=1S/C15H15BrClN3O/c1-9(18)10-2-5-12(6-3-10)19-15(21)20-14-8-11(16)4-7-13(14)17/h2-9H,18H2,1H3,(H2,19,20,21). The Balaban J connectivity index is 2.03. The first-order valence-electron chi connectivity index (χ1n) is 6.34. The van der Waals surface area contributed by atoms with Crippen LogP contribution in [0.1, 0.15) is 18.5 Å². The second kappa shape index (κ2) is 6.93. The molecular weight excluding hydrogens is 354 g/mol. The van der Waals surface area contributed by atoms with E-state index in [-0.39, 0.29) is 12.1 Å². The van der Waals surface area contributed by atoms with Crippen molar-refractivity contribution in [3.63, 3.8) is 0 Å². The summed E-state index contributed by atoms with van der Waals surface area (Å²) in [5.74, 6) is 0. The van der Waals surface area contributed by atoms with Crippen molar-refractivity contribution in [2.45, 2.75) is 13.0 Å². The second-order valence-corrected chi connectivity index (χ2v) is 5.94. The summed E-state index contributed by atoms with van der Waals surface area (Å²) in [4.78, 5) is 11.9. The summed E-state index contributed by atoms with van der Waals surface area (Å²) >= 11 is 9.35. The van der Waals surface area contributed by atoms with Crippen molar-refractivity contribution in [3.05, 3.63) is 57.5 Å². The van der Waals surface area contributed by atoms with Gasteiger partial charge in [0.2, 0.25) is 0 Å². The third-order valence-electron chi connectivity index (χ3n) is 2.87. The maximum Gasteiger partial charge on any atom is 0.323 e. The molecule has 0 saturated heterocycles. The fourth-order valence-corrected chi connectivity index (χ4v) is 2.27. The lowest BCUT2D eigenvalue weighted by molar-refractivity contribution is 0.262. The molecule has 0 aliphatic carbocycles. The van der Waals surface area contributed by atoms with E-state index in [0.717, 1.165) is 10.0 Å². The molecule has 0 spiro atoms. The van der Waals surface area contributed by atoms with Gasteiger partial charge in [-0.25, -0.2) is 4.79 Å². The molecule has 2 amide bonds. The van der Waals surface area contributed by atoms with Gasteiger partial charge < -0.3 is 16.4 Å². The van der Waals surface area contributed by atoms with Gasteiger partial charge in [0.25, 0.3) is 0 Å². The number of amides is 2. The Morgan fingerprint density at radius 2 is 1.86 bits per heavy atom. The Morgan fingerprint density at radius 1 is 1.19 bits per heavy atom. The molecule has 0 heterocycles. The highest BCUT2D eigenvalue weighted by Crippen LogP contribution is 2.25. The molecule has 0 aliphatic rings. The summed E-state index contributed by atoms with van der Waals surface area (Å²) in [5.41, 5.74) is 8.01. The Kier molecular flexibility index (Phi) is 5.22. The van der Waals surface area contributed by atoms with Gasteiger partial charge in [-0.15, -0.1) is 0 Å². The Bertz CT molecular complexity index is 644. The van der Waals surface area contributed by atoms with Crippen LogP contribution in [0.2, 0.25) is 5.02 Å². The SMILES string of the molecule is CC(N)c1ccc(NC(=O)Nc2cc(Br)ccc2Cl)cc1. The third-order valence-corrected chi connectivity index (χ3v) is 3.69. The average Bonchev–Trinajstić information content (AvgIpc) is 2.43. The van der Waals surface area contributed by atoms with E-state index in [4.69, 9.17) is 17.3 Å². The van der Waals surface area contributed by atoms with E-state index in [1.807, 2.05) is 19.1 Å². The number of halogens is 2. The molecule has 0 bridgehead atoms. The number of anilines is 2. The molecule has 6 heteroatoms. The fourth-order valence-electron chi connectivity index (χ4n) is 1.75. The van der Waals surface area contributed by atoms with Crippen molar-refractivity contribution in [2.24, 2.45) is 5.73 Å². The van der Waals surface area contributed by atoms with Gasteiger partial charge in [0.15, 0.2) is 0 Å². The number of carbonyl (C=O) groups excluding carboxylic acids is 1. The lowest BCUT2D eigenvalue weighted by Crippen LogP contribution is -2.19. The summed E-state index contributed by atoms with van der Waals surface area (Å²) in [7, 11) is 0. The van der Waals surface area contributed by atoms with E-state index in [1.54, 1.807) is 30.3 Å². The topological polar surface area (TPSA) is 67.1 Å². The van der Waals surface area contributed by atoms with Crippen LogP contribution in [0.5, 0.6) is 0 Å². The van der Waals surface area contributed by atoms with Gasteiger partial charge in [0.1, 0.15) is 0 Å². The van der Waals surface area contributed by atoms with E-state index >= 15 is 0 Å². The van der Waals surface area contributed by atoms with Gasteiger partial charge in [0, 0.05) is 16.2 Å². The minimum atomic E-state index is -0.358. The van der Waals surface area contributed by atoms with E-state index in [9.17, 15) is 4.79 Å². The molecule has 4 N–H and O–H groups in total. The summed E-state index contributed by atoms with van der Waals surface area (Å²) in [6.07, 6.45) is 0. The number of urea groups is 1. The van der Waals surface area contributed by atoms with E-state index < -0.39 is 0 Å². The number of nitrogens with one attached hydrogen (secondary N) is 2. The first kappa shape index (κ1) is 15.8. The molecule has 0 saturated carbocycles. The van der Waals surface area contributed by atoms with Crippen molar-refractivity contribution in [1.29, 1.82) is 0 Å². The highest BCUT2D eigenvalue weighted by Gasteiger charge is 2.07. The number of nitrogens with two attached hydrogens (primary N) is 1. The average molecular weight is 369 g/mol. The summed E-state index contributed by atoms with van der Waals surface area (Å²) < 4.78 is 0.837. The smallest absolute Gasteiger partial charge is 0.323 e. The highest BCUT2D eigenvalue weighted by atomic mass is 79.9. The van der Waals surface area contributed by atoms with Crippen LogP contribution in [0.4, 0.5) is 16.2 Å². The quantitative estimate of drug-likeness (QED) is 0.730. The van der Waals surface area contributed by atoms with Crippen molar-refractivity contribution >= 4 is 44.9 Å². The number of hydrogen-bond donors (Lipinski definition) is 3. The maximum absolute atomic E-state index is 11.9. The molecule has 2 aromatic rings. The van der Waals surface area contributed by atoms with Crippen molar-refractivity contribution < 1.29 is 4.79 Å². The predicted octanol–water partition coefficient (Wildman–Crippen LogP) is 4.77. The summed E-state index contributed by atoms with van der Waals surface area (Å²) in [6, 6.07) is 12.2. The van der Waals surface area contributed by atoms with Crippen molar-refractivity contribution in [1.82, 2.24) is 0 Å². The molecular formula is C15H15BrClN3O.